The lowest BCUT2D eigenvalue weighted by atomic mass is 10.1. The Morgan fingerprint density at radius 1 is 0.759 bits per heavy atom. The van der Waals surface area contributed by atoms with Gasteiger partial charge in [-0.3, -0.25) is 9.59 Å². The van der Waals surface area contributed by atoms with E-state index >= 15 is 0 Å². The lowest BCUT2D eigenvalue weighted by molar-refractivity contribution is -0.123. The number of carbonyl (C=O) groups is 2. The van der Waals surface area contributed by atoms with E-state index in [-0.39, 0.29) is 18.4 Å². The summed E-state index contributed by atoms with van der Waals surface area (Å²) in [4.78, 5) is 24.6. The summed E-state index contributed by atoms with van der Waals surface area (Å²) in [5.41, 5.74) is 3.60. The number of nitrogens with one attached hydrogen (secondary N) is 2. The van der Waals surface area contributed by atoms with Crippen molar-refractivity contribution in [1.29, 1.82) is 0 Å². The van der Waals surface area contributed by atoms with Crippen LogP contribution in [0, 0.1) is 6.92 Å². The zero-order valence-corrected chi connectivity index (χ0v) is 16.4. The van der Waals surface area contributed by atoms with E-state index in [0.717, 1.165) is 11.1 Å². The number of benzene rings is 3. The second kappa shape index (κ2) is 10.1. The number of para-hydroxylation sites is 1. The van der Waals surface area contributed by atoms with E-state index in [9.17, 15) is 9.59 Å². The van der Waals surface area contributed by atoms with Crippen LogP contribution in [0.5, 0.6) is 5.75 Å². The van der Waals surface area contributed by atoms with Crippen molar-refractivity contribution in [2.75, 3.05) is 6.61 Å². The fourth-order valence-electron chi connectivity index (χ4n) is 2.75. The molecule has 3 aromatic rings. The summed E-state index contributed by atoms with van der Waals surface area (Å²) >= 11 is 0. The Balaban J connectivity index is 1.52. The molecule has 0 aliphatic rings. The van der Waals surface area contributed by atoms with Crippen molar-refractivity contribution in [3.63, 3.8) is 0 Å². The number of ether oxygens (including phenoxy) is 1. The smallest absolute Gasteiger partial charge is 0.258 e. The predicted molar refractivity (Wildman–Crippen MR) is 113 cm³/mol. The Kier molecular flexibility index (Phi) is 7.00. The topological polar surface area (TPSA) is 67.4 Å². The number of hydrogen-bond acceptors (Lipinski definition) is 3. The first-order chi connectivity index (χ1) is 14.1. The quantitative estimate of drug-likeness (QED) is 0.619. The van der Waals surface area contributed by atoms with Gasteiger partial charge in [0.1, 0.15) is 5.75 Å². The largest absolute Gasteiger partial charge is 0.483 e. The average molecular weight is 388 g/mol. The molecular weight excluding hydrogens is 364 g/mol. The fraction of sp³-hybridized carbons (Fsp3) is 0.167. The Labute approximate surface area is 170 Å². The average Bonchev–Trinajstić information content (AvgIpc) is 2.76. The van der Waals surface area contributed by atoms with Gasteiger partial charge in [-0.15, -0.1) is 0 Å². The summed E-state index contributed by atoms with van der Waals surface area (Å²) in [6.07, 6.45) is 0. The number of hydrogen-bond donors (Lipinski definition) is 2. The molecule has 0 atom stereocenters. The normalized spacial score (nSPS) is 10.2. The first-order valence-electron chi connectivity index (χ1n) is 9.48. The molecule has 2 amide bonds. The molecule has 3 aromatic carbocycles. The van der Waals surface area contributed by atoms with E-state index in [1.165, 1.54) is 5.56 Å². The Morgan fingerprint density at radius 3 is 2.14 bits per heavy atom. The van der Waals surface area contributed by atoms with Crippen molar-refractivity contribution in [2.45, 2.75) is 20.0 Å². The molecule has 0 saturated carbocycles. The summed E-state index contributed by atoms with van der Waals surface area (Å²) < 4.78 is 5.61. The molecule has 0 aliphatic carbocycles. The first kappa shape index (κ1) is 20.1. The molecular formula is C24H24N2O3. The zero-order chi connectivity index (χ0) is 20.5. The van der Waals surface area contributed by atoms with Gasteiger partial charge in [0.25, 0.3) is 11.8 Å². The second-order valence-corrected chi connectivity index (χ2v) is 6.72. The van der Waals surface area contributed by atoms with Crippen molar-refractivity contribution in [2.24, 2.45) is 0 Å². The van der Waals surface area contributed by atoms with E-state index in [1.807, 2.05) is 61.5 Å². The van der Waals surface area contributed by atoms with E-state index in [4.69, 9.17) is 4.74 Å². The molecule has 0 bridgehead atoms. The summed E-state index contributed by atoms with van der Waals surface area (Å²) in [7, 11) is 0. The molecule has 3 rings (SSSR count). The number of amides is 2. The Morgan fingerprint density at radius 2 is 1.38 bits per heavy atom. The van der Waals surface area contributed by atoms with Crippen LogP contribution in [0.15, 0.2) is 78.9 Å². The minimum absolute atomic E-state index is 0.158. The predicted octanol–water partition coefficient (Wildman–Crippen LogP) is 3.62. The summed E-state index contributed by atoms with van der Waals surface area (Å²) in [5.74, 6) is -0.113. The maximum Gasteiger partial charge on any atom is 0.258 e. The van der Waals surface area contributed by atoms with Gasteiger partial charge in [-0.05, 0) is 30.2 Å². The van der Waals surface area contributed by atoms with Crippen LogP contribution in [0.4, 0.5) is 0 Å². The van der Waals surface area contributed by atoms with Gasteiger partial charge >= 0.3 is 0 Å². The first-order valence-corrected chi connectivity index (χ1v) is 9.48. The van der Waals surface area contributed by atoms with Gasteiger partial charge in [-0.1, -0.05) is 72.3 Å². The van der Waals surface area contributed by atoms with Gasteiger partial charge in [0.15, 0.2) is 6.61 Å². The maximum atomic E-state index is 12.5. The van der Waals surface area contributed by atoms with Crippen molar-refractivity contribution < 1.29 is 14.3 Å². The molecule has 0 heterocycles. The number of aryl methyl sites for hydroxylation is 1. The molecule has 148 valence electrons. The highest BCUT2D eigenvalue weighted by Crippen LogP contribution is 2.18. The molecule has 5 heteroatoms. The van der Waals surface area contributed by atoms with Crippen LogP contribution in [-0.2, 0) is 17.9 Å². The van der Waals surface area contributed by atoms with Gasteiger partial charge in [-0.2, -0.15) is 0 Å². The molecule has 0 radical (unpaired) electrons. The highest BCUT2D eigenvalue weighted by atomic mass is 16.5. The van der Waals surface area contributed by atoms with E-state index in [1.54, 1.807) is 24.3 Å². The minimum atomic E-state index is -0.246. The molecule has 2 N–H and O–H groups in total. The number of rotatable bonds is 8. The minimum Gasteiger partial charge on any atom is -0.483 e. The lowest BCUT2D eigenvalue weighted by Crippen LogP contribution is -2.29. The van der Waals surface area contributed by atoms with Crippen molar-refractivity contribution >= 4 is 11.8 Å². The third-order valence-electron chi connectivity index (χ3n) is 4.40. The zero-order valence-electron chi connectivity index (χ0n) is 16.4. The molecule has 0 unspecified atom stereocenters. The van der Waals surface area contributed by atoms with Gasteiger partial charge in [0.2, 0.25) is 0 Å². The van der Waals surface area contributed by atoms with Crippen molar-refractivity contribution in [1.82, 2.24) is 10.6 Å². The van der Waals surface area contributed by atoms with Crippen LogP contribution in [0.3, 0.4) is 0 Å². The van der Waals surface area contributed by atoms with Gasteiger partial charge in [0, 0.05) is 13.1 Å². The van der Waals surface area contributed by atoms with E-state index < -0.39 is 0 Å². The van der Waals surface area contributed by atoms with Gasteiger partial charge in [0.05, 0.1) is 5.56 Å². The van der Waals surface area contributed by atoms with E-state index in [0.29, 0.717) is 24.4 Å². The third-order valence-corrected chi connectivity index (χ3v) is 4.40. The monoisotopic (exact) mass is 388 g/mol. The summed E-state index contributed by atoms with van der Waals surface area (Å²) in [5, 5.41) is 5.69. The van der Waals surface area contributed by atoms with E-state index in [2.05, 4.69) is 10.6 Å². The molecule has 0 spiro atoms. The molecule has 5 nitrogen and oxygen atoms in total. The molecule has 0 fully saturated rings. The Hall–Kier alpha value is -3.60. The maximum absolute atomic E-state index is 12.5. The third kappa shape index (κ3) is 6.21. The van der Waals surface area contributed by atoms with Crippen LogP contribution in [0.2, 0.25) is 0 Å². The summed E-state index contributed by atoms with van der Waals surface area (Å²) in [6.45, 7) is 2.71. The summed E-state index contributed by atoms with van der Waals surface area (Å²) in [6, 6.07) is 24.5. The van der Waals surface area contributed by atoms with Crippen molar-refractivity contribution in [3.05, 3.63) is 101 Å². The van der Waals surface area contributed by atoms with Crippen LogP contribution in [0.1, 0.15) is 27.0 Å². The van der Waals surface area contributed by atoms with Crippen LogP contribution in [-0.4, -0.2) is 18.4 Å². The second-order valence-electron chi connectivity index (χ2n) is 6.72. The van der Waals surface area contributed by atoms with Crippen molar-refractivity contribution in [3.8, 4) is 5.75 Å². The Bertz CT molecular complexity index is 953. The highest BCUT2D eigenvalue weighted by molar-refractivity contribution is 5.97. The standard InChI is InChI=1S/C24H24N2O3/c1-18-11-13-20(14-12-18)15-25-23(27)17-29-22-10-6-5-9-21(22)24(28)26-16-19-7-3-2-4-8-19/h2-14H,15-17H2,1H3,(H,25,27)(H,26,28). The lowest BCUT2D eigenvalue weighted by Gasteiger charge is -2.12. The van der Waals surface area contributed by atoms with Crippen LogP contribution in [0.25, 0.3) is 0 Å². The molecule has 0 aromatic heterocycles. The fourth-order valence-corrected chi connectivity index (χ4v) is 2.75. The van der Waals surface area contributed by atoms with Gasteiger partial charge in [-0.25, -0.2) is 0 Å². The number of carbonyl (C=O) groups excluding carboxylic acids is 2. The molecule has 0 saturated heterocycles. The SMILES string of the molecule is Cc1ccc(CNC(=O)COc2ccccc2C(=O)NCc2ccccc2)cc1. The van der Waals surface area contributed by atoms with Crippen LogP contribution < -0.4 is 15.4 Å². The molecule has 29 heavy (non-hydrogen) atoms. The highest BCUT2D eigenvalue weighted by Gasteiger charge is 2.13. The van der Waals surface area contributed by atoms with Gasteiger partial charge < -0.3 is 15.4 Å². The molecule has 0 aliphatic heterocycles. The van der Waals surface area contributed by atoms with Crippen LogP contribution >= 0.6 is 0 Å².